The minimum absolute atomic E-state index is 0.0310. The Morgan fingerprint density at radius 3 is 2.59 bits per heavy atom. The fourth-order valence-electron chi connectivity index (χ4n) is 3.44. The third kappa shape index (κ3) is 4.56. The summed E-state index contributed by atoms with van der Waals surface area (Å²) in [5.74, 6) is -0.728. The molecule has 0 aliphatic carbocycles. The highest BCUT2D eigenvalue weighted by Crippen LogP contribution is 2.35. The third-order valence-electron chi connectivity index (χ3n) is 4.97. The van der Waals surface area contributed by atoms with Gasteiger partial charge in [-0.15, -0.1) is 0 Å². The van der Waals surface area contributed by atoms with Crippen LogP contribution in [-0.4, -0.2) is 33.3 Å². The molecule has 0 fully saturated rings. The Labute approximate surface area is 171 Å². The molecule has 1 aromatic carbocycles. The molecule has 154 valence electrons. The van der Waals surface area contributed by atoms with E-state index in [1.54, 1.807) is 39.9 Å². The number of imidazole rings is 1. The van der Waals surface area contributed by atoms with Gasteiger partial charge in [0.2, 0.25) is 5.91 Å². The van der Waals surface area contributed by atoms with Gasteiger partial charge in [0.25, 0.3) is 0 Å². The first kappa shape index (κ1) is 21.2. The molecular weight excluding hydrogens is 403 g/mol. The summed E-state index contributed by atoms with van der Waals surface area (Å²) >= 11 is 6.11. The van der Waals surface area contributed by atoms with Crippen molar-refractivity contribution >= 4 is 23.2 Å². The first-order chi connectivity index (χ1) is 13.7. The van der Waals surface area contributed by atoms with Gasteiger partial charge in [-0.3, -0.25) is 4.79 Å². The number of fused-ring (bicyclic) bond motifs is 1. The lowest BCUT2D eigenvalue weighted by atomic mass is 9.90. The average Bonchev–Trinajstić information content (AvgIpc) is 3.09. The van der Waals surface area contributed by atoms with Crippen molar-refractivity contribution in [2.45, 2.75) is 32.4 Å². The summed E-state index contributed by atoms with van der Waals surface area (Å²) in [6.45, 7) is 4.80. The molecule has 1 atom stereocenters. The molecule has 0 bridgehead atoms. The number of aromatic nitrogens is 2. The maximum Gasteiger partial charge on any atom is 0.416 e. The maximum atomic E-state index is 13.3. The molecule has 0 saturated carbocycles. The van der Waals surface area contributed by atoms with Crippen LogP contribution in [0.3, 0.4) is 0 Å². The van der Waals surface area contributed by atoms with Crippen molar-refractivity contribution in [3.63, 3.8) is 0 Å². The molecule has 3 rings (SSSR count). The summed E-state index contributed by atoms with van der Waals surface area (Å²) in [6.07, 6.45) is -1.19. The smallest absolute Gasteiger partial charge is 0.343 e. The van der Waals surface area contributed by atoms with Gasteiger partial charge in [-0.2, -0.15) is 13.2 Å². The first-order valence-corrected chi connectivity index (χ1v) is 9.69. The number of benzene rings is 1. The SMILES string of the molecule is CCN(CC)C(=O)CC(c1cccc(C(F)(F)F)c1)c1cnc2ccc(Cl)cn12. The van der Waals surface area contributed by atoms with E-state index in [1.807, 2.05) is 13.8 Å². The van der Waals surface area contributed by atoms with Crippen LogP contribution in [0.25, 0.3) is 5.65 Å². The Morgan fingerprint density at radius 2 is 1.93 bits per heavy atom. The maximum absolute atomic E-state index is 13.3. The number of hydrogen-bond donors (Lipinski definition) is 0. The molecule has 4 nitrogen and oxygen atoms in total. The number of carbonyl (C=O) groups excluding carboxylic acids is 1. The van der Waals surface area contributed by atoms with Gasteiger partial charge in [0.1, 0.15) is 5.65 Å². The van der Waals surface area contributed by atoms with Crippen LogP contribution in [0, 0.1) is 0 Å². The Bertz CT molecular complexity index is 1010. The van der Waals surface area contributed by atoms with Crippen LogP contribution in [0.2, 0.25) is 5.02 Å². The van der Waals surface area contributed by atoms with Crippen LogP contribution in [0.15, 0.2) is 48.8 Å². The summed E-state index contributed by atoms with van der Waals surface area (Å²) in [5.41, 5.74) is 0.878. The molecule has 0 N–H and O–H groups in total. The zero-order chi connectivity index (χ0) is 21.2. The zero-order valence-electron chi connectivity index (χ0n) is 16.1. The highest BCUT2D eigenvalue weighted by atomic mass is 35.5. The summed E-state index contributed by atoms with van der Waals surface area (Å²) in [4.78, 5) is 18.8. The van der Waals surface area contributed by atoms with Gasteiger partial charge in [-0.05, 0) is 37.6 Å². The lowest BCUT2D eigenvalue weighted by Crippen LogP contribution is -2.31. The van der Waals surface area contributed by atoms with E-state index in [0.29, 0.717) is 35.0 Å². The standard InChI is InChI=1S/C21H21ClF3N3O/c1-3-27(4-2)20(29)11-17(14-6-5-7-15(10-14)21(23,24)25)18-12-26-19-9-8-16(22)13-28(18)19/h5-10,12-13,17H,3-4,11H2,1-2H3. The molecule has 3 aromatic rings. The fourth-order valence-corrected chi connectivity index (χ4v) is 3.60. The second-order valence-electron chi connectivity index (χ2n) is 6.70. The fraction of sp³-hybridized carbons (Fsp3) is 0.333. The zero-order valence-corrected chi connectivity index (χ0v) is 16.8. The number of pyridine rings is 1. The van der Waals surface area contributed by atoms with Crippen LogP contribution in [0.1, 0.15) is 43.0 Å². The molecule has 0 saturated heterocycles. The molecule has 0 aliphatic rings. The van der Waals surface area contributed by atoms with Gasteiger partial charge in [0, 0.05) is 37.8 Å². The van der Waals surface area contributed by atoms with Crippen molar-refractivity contribution in [1.82, 2.24) is 14.3 Å². The second kappa shape index (κ2) is 8.45. The number of rotatable bonds is 6. The van der Waals surface area contributed by atoms with Crippen LogP contribution in [-0.2, 0) is 11.0 Å². The molecule has 0 spiro atoms. The third-order valence-corrected chi connectivity index (χ3v) is 5.19. The summed E-state index contributed by atoms with van der Waals surface area (Å²) in [6, 6.07) is 8.51. The van der Waals surface area contributed by atoms with Gasteiger partial charge in [0.15, 0.2) is 0 Å². The highest BCUT2D eigenvalue weighted by Gasteiger charge is 2.32. The van der Waals surface area contributed by atoms with Crippen LogP contribution < -0.4 is 0 Å². The monoisotopic (exact) mass is 423 g/mol. The quantitative estimate of drug-likeness (QED) is 0.532. The van der Waals surface area contributed by atoms with Crippen LogP contribution in [0.4, 0.5) is 13.2 Å². The van der Waals surface area contributed by atoms with Gasteiger partial charge in [0.05, 0.1) is 16.3 Å². The molecule has 1 amide bonds. The Balaban J connectivity index is 2.12. The summed E-state index contributed by atoms with van der Waals surface area (Å²) in [7, 11) is 0. The second-order valence-corrected chi connectivity index (χ2v) is 7.14. The normalized spacial score (nSPS) is 12.9. The largest absolute Gasteiger partial charge is 0.416 e. The van der Waals surface area contributed by atoms with Gasteiger partial charge < -0.3 is 9.30 Å². The number of halogens is 4. The van der Waals surface area contributed by atoms with E-state index in [-0.39, 0.29) is 12.3 Å². The molecule has 0 aliphatic heterocycles. The van der Waals surface area contributed by atoms with Crippen molar-refractivity contribution in [2.75, 3.05) is 13.1 Å². The van der Waals surface area contributed by atoms with E-state index >= 15 is 0 Å². The average molecular weight is 424 g/mol. The van der Waals surface area contributed by atoms with Crippen LogP contribution in [0.5, 0.6) is 0 Å². The molecule has 0 radical (unpaired) electrons. The highest BCUT2D eigenvalue weighted by molar-refractivity contribution is 6.30. The van der Waals surface area contributed by atoms with E-state index in [4.69, 9.17) is 11.6 Å². The molecule has 8 heteroatoms. The summed E-state index contributed by atoms with van der Waals surface area (Å²) < 4.78 is 41.5. The minimum atomic E-state index is -4.47. The Morgan fingerprint density at radius 1 is 1.21 bits per heavy atom. The molecule has 2 aromatic heterocycles. The Hall–Kier alpha value is -2.54. The van der Waals surface area contributed by atoms with Crippen LogP contribution >= 0.6 is 11.6 Å². The molecule has 1 unspecified atom stereocenters. The van der Waals surface area contributed by atoms with Gasteiger partial charge in [-0.1, -0.05) is 29.8 Å². The molecular formula is C21H21ClF3N3O. The summed E-state index contributed by atoms with van der Waals surface area (Å²) in [5, 5.41) is 0.467. The number of nitrogens with zero attached hydrogens (tertiary/aromatic N) is 3. The lowest BCUT2D eigenvalue weighted by Gasteiger charge is -2.23. The first-order valence-electron chi connectivity index (χ1n) is 9.32. The number of carbonyl (C=O) groups is 1. The number of alkyl halides is 3. The van der Waals surface area contributed by atoms with E-state index in [0.717, 1.165) is 12.1 Å². The van der Waals surface area contributed by atoms with Gasteiger partial charge >= 0.3 is 6.18 Å². The topological polar surface area (TPSA) is 37.6 Å². The predicted octanol–water partition coefficient (Wildman–Crippen LogP) is 5.40. The van der Waals surface area contributed by atoms with Crippen molar-refractivity contribution < 1.29 is 18.0 Å². The van der Waals surface area contributed by atoms with E-state index < -0.39 is 17.7 Å². The molecule has 29 heavy (non-hydrogen) atoms. The number of hydrogen-bond acceptors (Lipinski definition) is 2. The van der Waals surface area contributed by atoms with E-state index in [2.05, 4.69) is 4.98 Å². The Kier molecular flexibility index (Phi) is 6.17. The minimum Gasteiger partial charge on any atom is -0.343 e. The predicted molar refractivity (Wildman–Crippen MR) is 106 cm³/mol. The van der Waals surface area contributed by atoms with Crippen molar-refractivity contribution in [3.8, 4) is 0 Å². The van der Waals surface area contributed by atoms with E-state index in [9.17, 15) is 18.0 Å². The number of amides is 1. The van der Waals surface area contributed by atoms with Crippen molar-refractivity contribution in [2.24, 2.45) is 0 Å². The van der Waals surface area contributed by atoms with Crippen molar-refractivity contribution in [1.29, 1.82) is 0 Å². The van der Waals surface area contributed by atoms with Crippen molar-refractivity contribution in [3.05, 3.63) is 70.6 Å². The van der Waals surface area contributed by atoms with Gasteiger partial charge in [-0.25, -0.2) is 4.98 Å². The lowest BCUT2D eigenvalue weighted by molar-refractivity contribution is -0.137. The molecule has 2 heterocycles. The van der Waals surface area contributed by atoms with E-state index in [1.165, 1.54) is 6.07 Å².